The highest BCUT2D eigenvalue weighted by Crippen LogP contribution is 2.18. The monoisotopic (exact) mass is 332 g/mol. The third-order valence-corrected chi connectivity index (χ3v) is 3.82. The van der Waals surface area contributed by atoms with Gasteiger partial charge in [0.05, 0.1) is 19.2 Å². The third kappa shape index (κ3) is 3.67. The van der Waals surface area contributed by atoms with Crippen molar-refractivity contribution in [3.05, 3.63) is 40.7 Å². The number of methoxy groups -OCH3 is 1. The van der Waals surface area contributed by atoms with Gasteiger partial charge in [-0.2, -0.15) is 0 Å². The fourth-order valence-electron chi connectivity index (χ4n) is 2.70. The molecule has 0 radical (unpaired) electrons. The van der Waals surface area contributed by atoms with Gasteiger partial charge >= 0.3 is 5.97 Å². The zero-order valence-electron chi connectivity index (χ0n) is 14.8. The predicted octanol–water partition coefficient (Wildman–Crippen LogP) is 2.20. The minimum Gasteiger partial charge on any atom is -0.465 e. The number of nitrogens with zero attached hydrogens (tertiary/aromatic N) is 2. The number of carbonyl (C=O) groups excluding carboxylic acids is 2. The normalized spacial score (nSPS) is 10.9. The van der Waals surface area contributed by atoms with E-state index in [0.29, 0.717) is 35.0 Å². The van der Waals surface area contributed by atoms with Crippen molar-refractivity contribution in [3.63, 3.8) is 0 Å². The van der Waals surface area contributed by atoms with Crippen LogP contribution in [-0.4, -0.2) is 33.5 Å². The number of amides is 1. The number of aromatic nitrogens is 3. The SMILES string of the molecule is COC(=O)c1c(C)[nH]c(C(=O)NCc2nccn2CC(C)C)c1C. The lowest BCUT2D eigenvalue weighted by Gasteiger charge is -2.11. The van der Waals surface area contributed by atoms with E-state index >= 15 is 0 Å². The number of hydrogen-bond acceptors (Lipinski definition) is 4. The van der Waals surface area contributed by atoms with E-state index in [4.69, 9.17) is 4.74 Å². The number of ether oxygens (including phenoxy) is 1. The fourth-order valence-corrected chi connectivity index (χ4v) is 2.70. The average Bonchev–Trinajstić information content (AvgIpc) is 3.08. The highest BCUT2D eigenvalue weighted by atomic mass is 16.5. The Morgan fingerprint density at radius 2 is 2.08 bits per heavy atom. The van der Waals surface area contributed by atoms with Gasteiger partial charge in [-0.15, -0.1) is 0 Å². The molecule has 0 aliphatic rings. The van der Waals surface area contributed by atoms with Crippen LogP contribution < -0.4 is 5.32 Å². The van der Waals surface area contributed by atoms with E-state index in [9.17, 15) is 9.59 Å². The van der Waals surface area contributed by atoms with Crippen LogP contribution in [0, 0.1) is 19.8 Å². The molecule has 2 heterocycles. The molecule has 7 heteroatoms. The van der Waals surface area contributed by atoms with Crippen molar-refractivity contribution in [1.29, 1.82) is 0 Å². The molecule has 0 aromatic carbocycles. The molecule has 2 aromatic heterocycles. The summed E-state index contributed by atoms with van der Waals surface area (Å²) >= 11 is 0. The molecule has 1 amide bonds. The van der Waals surface area contributed by atoms with Gasteiger partial charge in [0.15, 0.2) is 0 Å². The van der Waals surface area contributed by atoms with Gasteiger partial charge in [-0.1, -0.05) is 13.8 Å². The van der Waals surface area contributed by atoms with Crippen molar-refractivity contribution in [3.8, 4) is 0 Å². The lowest BCUT2D eigenvalue weighted by molar-refractivity contribution is 0.0599. The van der Waals surface area contributed by atoms with Gasteiger partial charge in [-0.25, -0.2) is 9.78 Å². The minimum atomic E-state index is -0.451. The van der Waals surface area contributed by atoms with E-state index in [1.54, 1.807) is 20.0 Å². The largest absolute Gasteiger partial charge is 0.465 e. The smallest absolute Gasteiger partial charge is 0.339 e. The summed E-state index contributed by atoms with van der Waals surface area (Å²) in [6.45, 7) is 8.89. The van der Waals surface area contributed by atoms with E-state index in [2.05, 4.69) is 29.1 Å². The van der Waals surface area contributed by atoms with Gasteiger partial charge in [0.2, 0.25) is 0 Å². The predicted molar refractivity (Wildman–Crippen MR) is 89.8 cm³/mol. The first kappa shape index (κ1) is 17.8. The highest BCUT2D eigenvalue weighted by Gasteiger charge is 2.22. The van der Waals surface area contributed by atoms with Crippen molar-refractivity contribution < 1.29 is 14.3 Å². The Morgan fingerprint density at radius 1 is 1.38 bits per heavy atom. The molecule has 0 spiro atoms. The van der Waals surface area contributed by atoms with Crippen molar-refractivity contribution in [1.82, 2.24) is 19.9 Å². The van der Waals surface area contributed by atoms with Gasteiger partial charge in [0.25, 0.3) is 5.91 Å². The standard InChI is InChI=1S/C17H24N4O3/c1-10(2)9-21-7-6-18-13(21)8-19-16(22)15-11(3)14(12(4)20-15)17(23)24-5/h6-7,10,20H,8-9H2,1-5H3,(H,19,22). The Balaban J connectivity index is 2.11. The second-order valence-electron chi connectivity index (χ2n) is 6.19. The maximum absolute atomic E-state index is 12.4. The van der Waals surface area contributed by atoms with E-state index < -0.39 is 5.97 Å². The Kier molecular flexibility index (Phi) is 5.43. The Labute approximate surface area is 141 Å². The maximum atomic E-state index is 12.4. The van der Waals surface area contributed by atoms with Gasteiger partial charge in [0.1, 0.15) is 11.5 Å². The number of esters is 1. The third-order valence-electron chi connectivity index (χ3n) is 3.82. The number of carbonyl (C=O) groups is 2. The van der Waals surface area contributed by atoms with Crippen LogP contribution in [0.2, 0.25) is 0 Å². The molecule has 7 nitrogen and oxygen atoms in total. The van der Waals surface area contributed by atoms with E-state index in [1.807, 2.05) is 10.8 Å². The molecule has 130 valence electrons. The number of hydrogen-bond donors (Lipinski definition) is 2. The Bertz CT molecular complexity index is 743. The van der Waals surface area contributed by atoms with Gasteiger partial charge in [-0.05, 0) is 25.3 Å². The van der Waals surface area contributed by atoms with Crippen LogP contribution in [0.25, 0.3) is 0 Å². The lowest BCUT2D eigenvalue weighted by Crippen LogP contribution is -2.26. The van der Waals surface area contributed by atoms with Crippen molar-refractivity contribution in [2.75, 3.05) is 7.11 Å². The van der Waals surface area contributed by atoms with Crippen LogP contribution in [0.15, 0.2) is 12.4 Å². The zero-order valence-corrected chi connectivity index (χ0v) is 14.8. The van der Waals surface area contributed by atoms with Crippen LogP contribution in [-0.2, 0) is 17.8 Å². The first-order chi connectivity index (χ1) is 11.3. The summed E-state index contributed by atoms with van der Waals surface area (Å²) < 4.78 is 6.78. The zero-order chi connectivity index (χ0) is 17.9. The molecular formula is C17H24N4O3. The number of aromatic amines is 1. The molecule has 0 fully saturated rings. The average molecular weight is 332 g/mol. The molecule has 0 aliphatic carbocycles. The number of nitrogens with one attached hydrogen (secondary N) is 2. The Morgan fingerprint density at radius 3 is 2.71 bits per heavy atom. The molecular weight excluding hydrogens is 308 g/mol. The topological polar surface area (TPSA) is 89.0 Å². The lowest BCUT2D eigenvalue weighted by atomic mass is 10.1. The summed E-state index contributed by atoms with van der Waals surface area (Å²) in [6.07, 6.45) is 3.63. The molecule has 2 rings (SSSR count). The van der Waals surface area contributed by atoms with Gasteiger partial charge in [-0.3, -0.25) is 4.79 Å². The minimum absolute atomic E-state index is 0.273. The van der Waals surface area contributed by atoms with Crippen molar-refractivity contribution in [2.45, 2.75) is 40.8 Å². The number of aryl methyl sites for hydroxylation is 1. The van der Waals surface area contributed by atoms with Gasteiger partial charge < -0.3 is 19.6 Å². The molecule has 0 saturated heterocycles. The molecule has 0 bridgehead atoms. The Hall–Kier alpha value is -2.57. The molecule has 2 N–H and O–H groups in total. The summed E-state index contributed by atoms with van der Waals surface area (Å²) in [5.74, 6) is 0.563. The van der Waals surface area contributed by atoms with Gasteiger partial charge in [0, 0.05) is 24.6 Å². The summed E-state index contributed by atoms with van der Waals surface area (Å²) in [5.41, 5.74) is 1.98. The molecule has 24 heavy (non-hydrogen) atoms. The number of imidazole rings is 1. The fraction of sp³-hybridized carbons (Fsp3) is 0.471. The summed E-state index contributed by atoms with van der Waals surface area (Å²) in [4.78, 5) is 31.5. The second-order valence-corrected chi connectivity index (χ2v) is 6.19. The number of H-pyrrole nitrogens is 1. The summed E-state index contributed by atoms with van der Waals surface area (Å²) in [7, 11) is 1.32. The molecule has 0 saturated carbocycles. The highest BCUT2D eigenvalue weighted by molar-refractivity contribution is 6.00. The van der Waals surface area contributed by atoms with Crippen molar-refractivity contribution in [2.24, 2.45) is 5.92 Å². The quantitative estimate of drug-likeness (QED) is 0.794. The second kappa shape index (κ2) is 7.33. The van der Waals surface area contributed by atoms with E-state index in [0.717, 1.165) is 12.4 Å². The first-order valence-electron chi connectivity index (χ1n) is 7.90. The molecule has 2 aromatic rings. The van der Waals surface area contributed by atoms with Crippen molar-refractivity contribution >= 4 is 11.9 Å². The molecule has 0 atom stereocenters. The van der Waals surface area contributed by atoms with Crippen LogP contribution in [0.1, 0.15) is 51.8 Å². The van der Waals surface area contributed by atoms with Crippen LogP contribution in [0.4, 0.5) is 0 Å². The molecule has 0 unspecified atom stereocenters. The summed E-state index contributed by atoms with van der Waals surface area (Å²) in [5, 5.41) is 2.85. The summed E-state index contributed by atoms with van der Waals surface area (Å²) in [6, 6.07) is 0. The first-order valence-corrected chi connectivity index (χ1v) is 7.90. The maximum Gasteiger partial charge on any atom is 0.339 e. The van der Waals surface area contributed by atoms with Crippen LogP contribution in [0.3, 0.4) is 0 Å². The number of rotatable bonds is 6. The van der Waals surface area contributed by atoms with Crippen LogP contribution >= 0.6 is 0 Å². The molecule has 0 aliphatic heterocycles. The van der Waals surface area contributed by atoms with E-state index in [-0.39, 0.29) is 5.91 Å². The van der Waals surface area contributed by atoms with Crippen LogP contribution in [0.5, 0.6) is 0 Å². The van der Waals surface area contributed by atoms with E-state index in [1.165, 1.54) is 7.11 Å².